The van der Waals surface area contributed by atoms with Crippen LogP contribution in [0, 0.1) is 0 Å². The molecule has 0 aliphatic rings. The van der Waals surface area contributed by atoms with Crippen LogP contribution in [0.25, 0.3) is 0 Å². The minimum Gasteiger partial charge on any atom is -1.00 e. The maximum Gasteiger partial charge on any atom is 1.00 e. The van der Waals surface area contributed by atoms with Crippen molar-refractivity contribution in [2.75, 3.05) is 0 Å². The summed E-state index contributed by atoms with van der Waals surface area (Å²) in [6, 6.07) is 0. The molecule has 0 fully saturated rings. The van der Waals surface area contributed by atoms with Crippen LogP contribution < -0.4 is 88.7 Å². The van der Waals surface area contributed by atoms with Gasteiger partial charge in [0, 0.05) is 0 Å². The Hall–Kier alpha value is 3.51. The summed E-state index contributed by atoms with van der Waals surface area (Å²) < 4.78 is 40.5. The first-order chi connectivity index (χ1) is 4.00. The molecule has 0 saturated carbocycles. The average Bonchev–Trinajstić information content (AvgIpc) is 1.12. The predicted molar refractivity (Wildman–Crippen MR) is 41.7 cm³/mol. The van der Waals surface area contributed by atoms with Gasteiger partial charge >= 0.3 is 107 Å². The topological polar surface area (TPSA) is 152 Å². The maximum atomic E-state index is 8.88. The van der Waals surface area contributed by atoms with Crippen molar-refractivity contribution in [1.29, 1.82) is 0 Å². The number of hydrogen-bond acceptors (Lipinski definition) is 3. The molecule has 0 aliphatic carbocycles. The van der Waals surface area contributed by atoms with Gasteiger partial charge in [0.1, 0.15) is 0 Å². The van der Waals surface area contributed by atoms with Crippen LogP contribution in [-0.4, -0.2) is 49.6 Å². The van der Waals surface area contributed by atoms with Crippen molar-refractivity contribution in [2.24, 2.45) is 0 Å². The zero-order valence-electron chi connectivity index (χ0n) is 10.3. The Morgan fingerprint density at radius 1 is 0.929 bits per heavy atom. The molecule has 0 bridgehead atoms. The van der Waals surface area contributed by atoms with E-state index in [2.05, 4.69) is 0 Å². The fourth-order valence-electron chi connectivity index (χ4n) is 0. The maximum absolute atomic E-state index is 8.88. The van der Waals surface area contributed by atoms with E-state index in [1.807, 2.05) is 0 Å². The Balaban J connectivity index is -0.00000000762. The Bertz CT molecular complexity index is 214. The van der Waals surface area contributed by atoms with Crippen LogP contribution in [0.1, 0.15) is 4.28 Å². The number of phosphoric acid groups is 1. The van der Waals surface area contributed by atoms with Gasteiger partial charge in [-0.15, -0.1) is 0 Å². The Morgan fingerprint density at radius 3 is 0.929 bits per heavy atom. The molecular formula is H11AlNa3O8PS. The van der Waals surface area contributed by atoms with E-state index in [0.29, 0.717) is 0 Å². The SMILES string of the molecule is O=P(O)(O)O.O=S(=O)(O)O.[AlH3].[H-].[H-].[H-].[Na+].[Na+].[Na+]. The molecule has 0 aromatic carbocycles. The van der Waals surface area contributed by atoms with Crippen LogP contribution >= 0.6 is 7.82 Å². The van der Waals surface area contributed by atoms with Gasteiger partial charge < -0.3 is 19.0 Å². The van der Waals surface area contributed by atoms with Gasteiger partial charge in [-0.3, -0.25) is 9.11 Å². The van der Waals surface area contributed by atoms with Gasteiger partial charge in [-0.25, -0.2) is 4.57 Å². The molecule has 5 N–H and O–H groups in total. The Kier molecular flexibility index (Phi) is 42.5. The molecule has 0 aliphatic heterocycles. The molecule has 8 nitrogen and oxygen atoms in total. The van der Waals surface area contributed by atoms with Gasteiger partial charge in [0.15, 0.2) is 17.4 Å². The van der Waals surface area contributed by atoms with E-state index in [1.54, 1.807) is 0 Å². The predicted octanol–water partition coefficient (Wildman–Crippen LogP) is -11.4. The number of rotatable bonds is 0. The van der Waals surface area contributed by atoms with Crippen molar-refractivity contribution in [2.45, 2.75) is 0 Å². The van der Waals surface area contributed by atoms with Crippen molar-refractivity contribution in [1.82, 2.24) is 0 Å². The molecular weight excluding hydrogens is 287 g/mol. The molecule has 0 atom stereocenters. The minimum atomic E-state index is -4.67. The third kappa shape index (κ3) is 265. The summed E-state index contributed by atoms with van der Waals surface area (Å²) in [4.78, 5) is 21.6. The molecule has 14 heteroatoms. The first kappa shape index (κ1) is 36.0. The summed E-state index contributed by atoms with van der Waals surface area (Å²) in [6.45, 7) is 0. The van der Waals surface area contributed by atoms with Gasteiger partial charge in [-0.2, -0.15) is 8.42 Å². The summed E-state index contributed by atoms with van der Waals surface area (Å²) in [5, 5.41) is 0. The quantitative estimate of drug-likeness (QED) is 0.168. The summed E-state index contributed by atoms with van der Waals surface area (Å²) in [5.74, 6) is 0. The van der Waals surface area contributed by atoms with Gasteiger partial charge in [-0.1, -0.05) is 0 Å². The van der Waals surface area contributed by atoms with Gasteiger partial charge in [0.2, 0.25) is 0 Å². The van der Waals surface area contributed by atoms with E-state index in [-0.39, 0.29) is 110 Å². The zero-order chi connectivity index (χ0) is 9.00. The Morgan fingerprint density at radius 2 is 0.929 bits per heavy atom. The second-order valence-corrected chi connectivity index (χ2v) is 2.88. The summed E-state index contributed by atoms with van der Waals surface area (Å²) in [6.07, 6.45) is 0. The summed E-state index contributed by atoms with van der Waals surface area (Å²) >= 11 is 0. The molecule has 0 saturated heterocycles. The molecule has 0 radical (unpaired) electrons. The van der Waals surface area contributed by atoms with Crippen LogP contribution in [-0.2, 0) is 15.0 Å². The van der Waals surface area contributed by atoms with Crippen LogP contribution in [0.4, 0.5) is 0 Å². The Labute approximate surface area is 163 Å². The molecule has 0 aromatic heterocycles. The normalized spacial score (nSPS) is 8.36. The zero-order valence-corrected chi connectivity index (χ0v) is 15.0. The first-order valence-corrected chi connectivity index (χ1v) is 4.44. The molecule has 76 valence electrons. The fraction of sp³-hybridized carbons (Fsp3) is 0. The minimum absolute atomic E-state index is 0. The fourth-order valence-corrected chi connectivity index (χ4v) is 0. The molecule has 0 spiro atoms. The van der Waals surface area contributed by atoms with Crippen molar-refractivity contribution < 1.29 is 130 Å². The molecule has 14 heavy (non-hydrogen) atoms. The van der Waals surface area contributed by atoms with E-state index in [4.69, 9.17) is 36.8 Å². The van der Waals surface area contributed by atoms with Gasteiger partial charge in [0.05, 0.1) is 0 Å². The third-order valence-corrected chi connectivity index (χ3v) is 0. The first-order valence-electron chi connectivity index (χ1n) is 1.48. The number of hydrogen-bond donors (Lipinski definition) is 5. The third-order valence-electron chi connectivity index (χ3n) is 0. The van der Waals surface area contributed by atoms with Crippen LogP contribution in [0.2, 0.25) is 0 Å². The smallest absolute Gasteiger partial charge is 1.00 e. The molecule has 0 aromatic rings. The van der Waals surface area contributed by atoms with E-state index in [1.165, 1.54) is 0 Å². The van der Waals surface area contributed by atoms with Gasteiger partial charge in [0.25, 0.3) is 0 Å². The molecule has 0 rings (SSSR count). The standard InChI is InChI=1S/Al.3Na.H3O4P.H2O4S.6H/c;;;;2*1-5(2,3)4;;;;;;/h;;;;(H3,1,2,3,4);(H2,1,2,3,4);;;;;;/q;3*+1;;;;;;3*-1. The average molecular weight is 298 g/mol. The van der Waals surface area contributed by atoms with E-state index in [9.17, 15) is 0 Å². The van der Waals surface area contributed by atoms with E-state index < -0.39 is 18.2 Å². The van der Waals surface area contributed by atoms with Crippen LogP contribution in [0.3, 0.4) is 0 Å². The summed E-state index contributed by atoms with van der Waals surface area (Å²) in [5.41, 5.74) is 0. The molecule has 0 amide bonds. The van der Waals surface area contributed by atoms with E-state index in [0.717, 1.165) is 0 Å². The monoisotopic (exact) mass is 298 g/mol. The van der Waals surface area contributed by atoms with Crippen molar-refractivity contribution in [3.05, 3.63) is 0 Å². The van der Waals surface area contributed by atoms with Crippen molar-refractivity contribution in [3.8, 4) is 0 Å². The van der Waals surface area contributed by atoms with Crippen LogP contribution in [0.15, 0.2) is 0 Å². The summed E-state index contributed by atoms with van der Waals surface area (Å²) in [7, 11) is -9.31. The second-order valence-electron chi connectivity index (χ2n) is 0.961. The van der Waals surface area contributed by atoms with E-state index >= 15 is 0 Å². The molecule has 0 heterocycles. The van der Waals surface area contributed by atoms with Crippen molar-refractivity contribution >= 4 is 35.6 Å². The molecule has 0 unspecified atom stereocenters. The van der Waals surface area contributed by atoms with Crippen LogP contribution in [0.5, 0.6) is 0 Å². The van der Waals surface area contributed by atoms with Gasteiger partial charge in [-0.05, 0) is 0 Å². The second kappa shape index (κ2) is 16.5. The largest absolute Gasteiger partial charge is 1.00 e. The van der Waals surface area contributed by atoms with Crippen molar-refractivity contribution in [3.63, 3.8) is 0 Å².